The molecular formula is C17H9Cl2N3OS2. The Hall–Kier alpha value is -2.04. The van der Waals surface area contributed by atoms with E-state index in [9.17, 15) is 4.79 Å². The summed E-state index contributed by atoms with van der Waals surface area (Å²) >= 11 is 14.0. The van der Waals surface area contributed by atoms with Crippen molar-refractivity contribution >= 4 is 57.3 Å². The highest BCUT2D eigenvalue weighted by molar-refractivity contribution is 8.05. The predicted octanol–water partition coefficient (Wildman–Crippen LogP) is 5.94. The Morgan fingerprint density at radius 2 is 1.68 bits per heavy atom. The van der Waals surface area contributed by atoms with Crippen LogP contribution in [-0.4, -0.2) is 10.9 Å². The Morgan fingerprint density at radius 1 is 1.08 bits per heavy atom. The first-order valence-corrected chi connectivity index (χ1v) is 9.35. The molecule has 0 saturated heterocycles. The molecule has 3 rings (SSSR count). The number of hydrogen-bond acceptors (Lipinski definition) is 5. The number of rotatable bonds is 4. The number of nitriles is 1. The Bertz CT molecular complexity index is 948. The van der Waals surface area contributed by atoms with Crippen LogP contribution in [0.1, 0.15) is 10.4 Å². The number of nitrogens with one attached hydrogen (secondary N) is 1. The molecule has 0 aliphatic heterocycles. The van der Waals surface area contributed by atoms with Crippen molar-refractivity contribution < 1.29 is 4.79 Å². The van der Waals surface area contributed by atoms with Crippen LogP contribution in [0.2, 0.25) is 10.0 Å². The summed E-state index contributed by atoms with van der Waals surface area (Å²) in [5.41, 5.74) is 1.94. The Labute approximate surface area is 162 Å². The molecule has 0 saturated carbocycles. The van der Waals surface area contributed by atoms with Crippen molar-refractivity contribution in [2.45, 2.75) is 4.21 Å². The topological polar surface area (TPSA) is 65.8 Å². The van der Waals surface area contributed by atoms with Gasteiger partial charge in [0.1, 0.15) is 9.61 Å². The van der Waals surface area contributed by atoms with E-state index >= 15 is 0 Å². The summed E-state index contributed by atoms with van der Waals surface area (Å²) in [4.78, 5) is 16.8. The Morgan fingerprint density at radius 3 is 2.28 bits per heavy atom. The van der Waals surface area contributed by atoms with E-state index in [1.54, 1.807) is 36.4 Å². The predicted molar refractivity (Wildman–Crippen MR) is 103 cm³/mol. The van der Waals surface area contributed by atoms with E-state index in [4.69, 9.17) is 28.5 Å². The zero-order chi connectivity index (χ0) is 17.8. The minimum absolute atomic E-state index is 0.290. The van der Waals surface area contributed by atoms with Crippen LogP contribution in [0.3, 0.4) is 0 Å². The van der Waals surface area contributed by atoms with Gasteiger partial charge in [-0.2, -0.15) is 5.26 Å². The molecule has 0 aliphatic rings. The molecule has 2 aromatic carbocycles. The number of halogens is 2. The van der Waals surface area contributed by atoms with E-state index in [1.165, 1.54) is 11.3 Å². The average Bonchev–Trinajstić information content (AvgIpc) is 2.99. The number of benzene rings is 2. The van der Waals surface area contributed by atoms with E-state index in [0.717, 1.165) is 17.3 Å². The second-order valence-corrected chi connectivity index (χ2v) is 7.74. The fraction of sp³-hybridized carbons (Fsp3) is 0. The molecule has 25 heavy (non-hydrogen) atoms. The quantitative estimate of drug-likeness (QED) is 0.430. The van der Waals surface area contributed by atoms with Gasteiger partial charge < -0.3 is 0 Å². The van der Waals surface area contributed by atoms with Crippen LogP contribution in [0.25, 0.3) is 11.3 Å². The number of thiazole rings is 1. The van der Waals surface area contributed by atoms with Gasteiger partial charge in [-0.1, -0.05) is 46.7 Å². The number of hydrogen-bond donors (Lipinski definition) is 1. The van der Waals surface area contributed by atoms with Crippen LogP contribution in [0, 0.1) is 10.7 Å². The van der Waals surface area contributed by atoms with Crippen LogP contribution in [0.5, 0.6) is 0 Å². The second-order valence-electron chi connectivity index (χ2n) is 4.82. The van der Waals surface area contributed by atoms with Crippen molar-refractivity contribution in [3.63, 3.8) is 0 Å². The van der Waals surface area contributed by atoms with E-state index in [2.05, 4.69) is 10.3 Å². The smallest absolute Gasteiger partial charge is 0.257 e. The minimum atomic E-state index is -0.290. The van der Waals surface area contributed by atoms with E-state index < -0.39 is 0 Å². The summed E-state index contributed by atoms with van der Waals surface area (Å²) in [5, 5.41) is 15.4. The largest absolute Gasteiger partial charge is 0.298 e. The molecule has 0 atom stereocenters. The van der Waals surface area contributed by atoms with Gasteiger partial charge in [0.05, 0.1) is 5.69 Å². The molecule has 1 N–H and O–H groups in total. The maximum absolute atomic E-state index is 12.3. The summed E-state index contributed by atoms with van der Waals surface area (Å²) < 4.78 is 0.705. The molecular weight excluding hydrogens is 397 g/mol. The van der Waals surface area contributed by atoms with Gasteiger partial charge in [-0.25, -0.2) is 4.98 Å². The van der Waals surface area contributed by atoms with Crippen LogP contribution >= 0.6 is 46.3 Å². The highest BCUT2D eigenvalue weighted by Gasteiger charge is 2.16. The number of anilines is 1. The van der Waals surface area contributed by atoms with Gasteiger partial charge in [-0.05, 0) is 36.4 Å². The van der Waals surface area contributed by atoms with Gasteiger partial charge in [0.2, 0.25) is 0 Å². The third-order valence-corrected chi connectivity index (χ3v) is 5.42. The van der Waals surface area contributed by atoms with Crippen LogP contribution in [0.4, 0.5) is 5.13 Å². The van der Waals surface area contributed by atoms with E-state index in [0.29, 0.717) is 30.6 Å². The molecule has 1 heterocycles. The number of aromatic nitrogens is 1. The van der Waals surface area contributed by atoms with Crippen LogP contribution in [-0.2, 0) is 0 Å². The summed E-state index contributed by atoms with van der Waals surface area (Å²) in [5.74, 6) is -0.290. The van der Waals surface area contributed by atoms with Gasteiger partial charge in [-0.15, -0.1) is 0 Å². The van der Waals surface area contributed by atoms with Crippen molar-refractivity contribution in [3.8, 4) is 16.7 Å². The molecule has 0 fully saturated rings. The number of carbonyl (C=O) groups is 1. The highest BCUT2D eigenvalue weighted by Crippen LogP contribution is 2.38. The standard InChI is InChI=1S/C17H9Cl2N3OS2/c18-12-5-1-10(2-6-12)14-16(24-9-20)25-17(21-14)22-15(23)11-3-7-13(19)8-4-11/h1-8H,(H,21,22,23). The van der Waals surface area contributed by atoms with Crippen molar-refractivity contribution in [1.29, 1.82) is 5.26 Å². The van der Waals surface area contributed by atoms with Gasteiger partial charge in [0.25, 0.3) is 5.91 Å². The van der Waals surface area contributed by atoms with Gasteiger partial charge in [0, 0.05) is 32.9 Å². The lowest BCUT2D eigenvalue weighted by Gasteiger charge is -2.01. The average molecular weight is 406 g/mol. The number of thiocyanates is 1. The molecule has 0 aliphatic carbocycles. The van der Waals surface area contributed by atoms with Crippen molar-refractivity contribution in [3.05, 3.63) is 64.1 Å². The van der Waals surface area contributed by atoms with Crippen molar-refractivity contribution in [2.75, 3.05) is 5.32 Å². The zero-order valence-electron chi connectivity index (χ0n) is 12.5. The number of carbonyl (C=O) groups excluding carboxylic acids is 1. The SMILES string of the molecule is N#CSc1sc(NC(=O)c2ccc(Cl)cc2)nc1-c1ccc(Cl)cc1. The molecule has 0 bridgehead atoms. The molecule has 8 heteroatoms. The molecule has 0 spiro atoms. The summed E-state index contributed by atoms with van der Waals surface area (Å²) in [6.07, 6.45) is 0. The van der Waals surface area contributed by atoms with Crippen molar-refractivity contribution in [1.82, 2.24) is 4.98 Å². The summed E-state index contributed by atoms with van der Waals surface area (Å²) in [6, 6.07) is 13.7. The van der Waals surface area contributed by atoms with E-state index in [-0.39, 0.29) is 5.91 Å². The molecule has 4 nitrogen and oxygen atoms in total. The first kappa shape index (κ1) is 17.8. The molecule has 1 amide bonds. The molecule has 124 valence electrons. The maximum atomic E-state index is 12.3. The second kappa shape index (κ2) is 7.89. The molecule has 1 aromatic heterocycles. The zero-order valence-corrected chi connectivity index (χ0v) is 15.6. The van der Waals surface area contributed by atoms with E-state index in [1.807, 2.05) is 17.5 Å². The number of thioether (sulfide) groups is 1. The fourth-order valence-electron chi connectivity index (χ4n) is 2.03. The molecule has 0 unspecified atom stereocenters. The number of amides is 1. The normalized spacial score (nSPS) is 10.3. The fourth-order valence-corrected chi connectivity index (χ4v) is 3.86. The van der Waals surface area contributed by atoms with Crippen LogP contribution < -0.4 is 5.32 Å². The van der Waals surface area contributed by atoms with Gasteiger partial charge >= 0.3 is 0 Å². The first-order chi connectivity index (χ1) is 12.1. The lowest BCUT2D eigenvalue weighted by molar-refractivity contribution is 0.102. The third-order valence-electron chi connectivity index (χ3n) is 3.18. The van der Waals surface area contributed by atoms with Crippen LogP contribution in [0.15, 0.2) is 52.7 Å². The van der Waals surface area contributed by atoms with Crippen molar-refractivity contribution in [2.24, 2.45) is 0 Å². The molecule has 0 radical (unpaired) electrons. The van der Waals surface area contributed by atoms with Gasteiger partial charge in [-0.3, -0.25) is 10.1 Å². The Kier molecular flexibility index (Phi) is 5.61. The maximum Gasteiger partial charge on any atom is 0.257 e. The highest BCUT2D eigenvalue weighted by atomic mass is 35.5. The lowest BCUT2D eigenvalue weighted by atomic mass is 10.2. The monoisotopic (exact) mass is 405 g/mol. The first-order valence-electron chi connectivity index (χ1n) is 6.96. The summed E-state index contributed by atoms with van der Waals surface area (Å²) in [7, 11) is 0. The minimum Gasteiger partial charge on any atom is -0.298 e. The lowest BCUT2D eigenvalue weighted by Crippen LogP contribution is -2.11. The number of nitrogens with zero attached hydrogens (tertiary/aromatic N) is 2. The molecule has 3 aromatic rings. The van der Waals surface area contributed by atoms with Gasteiger partial charge in [0.15, 0.2) is 5.13 Å². The Balaban J connectivity index is 1.88. The third kappa shape index (κ3) is 4.33. The summed E-state index contributed by atoms with van der Waals surface area (Å²) in [6.45, 7) is 0.